The molecule has 0 aliphatic heterocycles. The number of nitrogens with zero attached hydrogens (tertiary/aromatic N) is 3. The van der Waals surface area contributed by atoms with Gasteiger partial charge in [0.15, 0.2) is 12.3 Å². The Morgan fingerprint density at radius 1 is 1.21 bits per heavy atom. The van der Waals surface area contributed by atoms with Crippen LogP contribution in [0.15, 0.2) is 36.4 Å². The largest absolute Gasteiger partial charge is 0.466 e. The molecule has 7 nitrogen and oxygen atoms in total. The van der Waals surface area contributed by atoms with Gasteiger partial charge in [-0.2, -0.15) is 0 Å². The van der Waals surface area contributed by atoms with Crippen molar-refractivity contribution in [2.24, 2.45) is 13.0 Å². The first-order valence-electron chi connectivity index (χ1n) is 9.87. The second kappa shape index (κ2) is 8.94. The number of carbonyl (C=O) groups is 1. The van der Waals surface area contributed by atoms with Gasteiger partial charge >= 0.3 is 0 Å². The number of aromatic nitrogens is 3. The number of amides is 1. The summed E-state index contributed by atoms with van der Waals surface area (Å²) < 4.78 is 7.41. The molecule has 0 fully saturated rings. The summed E-state index contributed by atoms with van der Waals surface area (Å²) in [6.07, 6.45) is 0. The molecule has 3 rings (SSSR count). The van der Waals surface area contributed by atoms with Crippen molar-refractivity contribution < 1.29 is 9.53 Å². The summed E-state index contributed by atoms with van der Waals surface area (Å²) >= 11 is 0. The van der Waals surface area contributed by atoms with E-state index in [-0.39, 0.29) is 18.6 Å². The number of rotatable bonds is 8. The number of hydrogen-bond donors (Lipinski definition) is 2. The molecule has 0 bridgehead atoms. The SMILES string of the molecule is Cc1cc(C)c2c(OCC(=O)NC[C@H](Nc3ccccc3)C(C)C)nn(C)c2n1. The predicted octanol–water partition coefficient (Wildman–Crippen LogP) is 3.22. The highest BCUT2D eigenvalue weighted by molar-refractivity contribution is 5.85. The lowest BCUT2D eigenvalue weighted by molar-refractivity contribution is -0.123. The number of anilines is 1. The quantitative estimate of drug-likeness (QED) is 0.612. The van der Waals surface area contributed by atoms with E-state index in [1.165, 1.54) is 0 Å². The van der Waals surface area contributed by atoms with Gasteiger partial charge in [0.05, 0.1) is 5.39 Å². The van der Waals surface area contributed by atoms with Gasteiger partial charge in [-0.25, -0.2) is 9.67 Å². The maximum absolute atomic E-state index is 12.4. The predicted molar refractivity (Wildman–Crippen MR) is 115 cm³/mol. The van der Waals surface area contributed by atoms with Crippen LogP contribution in [0.25, 0.3) is 11.0 Å². The summed E-state index contributed by atoms with van der Waals surface area (Å²) in [5, 5.41) is 11.7. The molecule has 2 N–H and O–H groups in total. The summed E-state index contributed by atoms with van der Waals surface area (Å²) in [5.74, 6) is 0.612. The van der Waals surface area contributed by atoms with E-state index in [0.717, 1.165) is 28.0 Å². The third kappa shape index (κ3) is 5.04. The van der Waals surface area contributed by atoms with E-state index in [0.29, 0.717) is 18.3 Å². The Bertz CT molecular complexity index is 982. The van der Waals surface area contributed by atoms with Crippen LogP contribution in [0.1, 0.15) is 25.1 Å². The van der Waals surface area contributed by atoms with Gasteiger partial charge in [-0.1, -0.05) is 32.0 Å². The van der Waals surface area contributed by atoms with E-state index >= 15 is 0 Å². The lowest BCUT2D eigenvalue weighted by atomic mass is 10.0. The Morgan fingerprint density at radius 3 is 2.62 bits per heavy atom. The van der Waals surface area contributed by atoms with Crippen LogP contribution in [0, 0.1) is 19.8 Å². The molecule has 29 heavy (non-hydrogen) atoms. The topological polar surface area (TPSA) is 81.1 Å². The van der Waals surface area contributed by atoms with Crippen LogP contribution in [0.5, 0.6) is 5.88 Å². The highest BCUT2D eigenvalue weighted by atomic mass is 16.5. The van der Waals surface area contributed by atoms with Gasteiger partial charge in [0, 0.05) is 31.0 Å². The molecule has 0 aliphatic rings. The van der Waals surface area contributed by atoms with E-state index in [4.69, 9.17) is 4.74 Å². The van der Waals surface area contributed by atoms with E-state index in [9.17, 15) is 4.79 Å². The number of fused-ring (bicyclic) bond motifs is 1. The van der Waals surface area contributed by atoms with Crippen molar-refractivity contribution in [1.82, 2.24) is 20.1 Å². The lowest BCUT2D eigenvalue weighted by Gasteiger charge is -2.24. The van der Waals surface area contributed by atoms with Crippen molar-refractivity contribution in [3.63, 3.8) is 0 Å². The Kier molecular flexibility index (Phi) is 6.36. The minimum atomic E-state index is -0.179. The second-order valence-electron chi connectivity index (χ2n) is 7.66. The highest BCUT2D eigenvalue weighted by Gasteiger charge is 2.17. The van der Waals surface area contributed by atoms with Gasteiger partial charge in [0.1, 0.15) is 0 Å². The number of nitrogens with one attached hydrogen (secondary N) is 2. The average Bonchev–Trinajstić information content (AvgIpc) is 3.00. The summed E-state index contributed by atoms with van der Waals surface area (Å²) in [5.41, 5.74) is 3.75. The number of pyridine rings is 1. The fraction of sp³-hybridized carbons (Fsp3) is 0.409. The maximum atomic E-state index is 12.4. The number of carbonyl (C=O) groups excluding carboxylic acids is 1. The summed E-state index contributed by atoms with van der Waals surface area (Å²) in [6.45, 7) is 8.62. The van der Waals surface area contributed by atoms with Crippen molar-refractivity contribution in [2.45, 2.75) is 33.7 Å². The fourth-order valence-electron chi connectivity index (χ4n) is 3.26. The van der Waals surface area contributed by atoms with Crippen molar-refractivity contribution in [2.75, 3.05) is 18.5 Å². The molecule has 3 aromatic rings. The summed E-state index contributed by atoms with van der Waals surface area (Å²) in [7, 11) is 1.82. The van der Waals surface area contributed by atoms with Crippen LogP contribution in [0.2, 0.25) is 0 Å². The van der Waals surface area contributed by atoms with Crippen LogP contribution in [-0.4, -0.2) is 39.9 Å². The van der Waals surface area contributed by atoms with Crippen molar-refractivity contribution in [3.8, 4) is 5.88 Å². The van der Waals surface area contributed by atoms with Gasteiger partial charge in [0.2, 0.25) is 5.88 Å². The molecule has 154 valence electrons. The molecule has 0 aliphatic carbocycles. The Balaban J connectivity index is 1.59. The van der Waals surface area contributed by atoms with Crippen LogP contribution >= 0.6 is 0 Å². The van der Waals surface area contributed by atoms with Gasteiger partial charge in [-0.15, -0.1) is 5.10 Å². The molecular weight excluding hydrogens is 366 g/mol. The number of benzene rings is 1. The molecule has 7 heteroatoms. The third-order valence-electron chi connectivity index (χ3n) is 4.88. The van der Waals surface area contributed by atoms with Gasteiger partial charge in [0.25, 0.3) is 5.91 Å². The minimum absolute atomic E-state index is 0.0877. The van der Waals surface area contributed by atoms with E-state index in [2.05, 4.69) is 34.6 Å². The molecule has 1 aromatic carbocycles. The number of para-hydroxylation sites is 1. The van der Waals surface area contributed by atoms with E-state index in [1.807, 2.05) is 57.3 Å². The number of hydrogen-bond acceptors (Lipinski definition) is 5. The monoisotopic (exact) mass is 395 g/mol. The first-order valence-corrected chi connectivity index (χ1v) is 9.87. The van der Waals surface area contributed by atoms with Gasteiger partial charge in [-0.05, 0) is 43.5 Å². The Labute approximate surface area is 171 Å². The standard InChI is InChI=1S/C22H29N5O2/c1-14(2)18(25-17-9-7-6-8-10-17)12-23-19(28)13-29-22-20-15(3)11-16(4)24-21(20)27(5)26-22/h6-11,14,18,25H,12-13H2,1-5H3,(H,23,28)/t18-/m0/s1. The Morgan fingerprint density at radius 2 is 1.93 bits per heavy atom. The Hall–Kier alpha value is -3.09. The molecule has 1 amide bonds. The van der Waals surface area contributed by atoms with Crippen LogP contribution in [0.3, 0.4) is 0 Å². The van der Waals surface area contributed by atoms with Crippen molar-refractivity contribution in [3.05, 3.63) is 47.7 Å². The van der Waals surface area contributed by atoms with Crippen LogP contribution in [0.4, 0.5) is 5.69 Å². The first-order chi connectivity index (χ1) is 13.8. The third-order valence-corrected chi connectivity index (χ3v) is 4.88. The average molecular weight is 396 g/mol. The molecule has 0 saturated heterocycles. The normalized spacial score (nSPS) is 12.2. The lowest BCUT2D eigenvalue weighted by Crippen LogP contribution is -2.41. The highest BCUT2D eigenvalue weighted by Crippen LogP contribution is 2.26. The molecule has 2 heterocycles. The van der Waals surface area contributed by atoms with Crippen molar-refractivity contribution in [1.29, 1.82) is 0 Å². The molecule has 0 spiro atoms. The van der Waals surface area contributed by atoms with E-state index < -0.39 is 0 Å². The summed E-state index contributed by atoms with van der Waals surface area (Å²) in [6, 6.07) is 12.1. The molecule has 0 saturated carbocycles. The molecular formula is C22H29N5O2. The van der Waals surface area contributed by atoms with Crippen LogP contribution < -0.4 is 15.4 Å². The minimum Gasteiger partial charge on any atom is -0.466 e. The molecule has 0 unspecified atom stereocenters. The van der Waals surface area contributed by atoms with Gasteiger partial charge < -0.3 is 15.4 Å². The second-order valence-corrected chi connectivity index (χ2v) is 7.66. The smallest absolute Gasteiger partial charge is 0.258 e. The molecule has 2 aromatic heterocycles. The number of ether oxygens (including phenoxy) is 1. The summed E-state index contributed by atoms with van der Waals surface area (Å²) in [4.78, 5) is 16.9. The molecule has 1 atom stereocenters. The zero-order chi connectivity index (χ0) is 21.0. The molecule has 0 radical (unpaired) electrons. The maximum Gasteiger partial charge on any atom is 0.258 e. The number of aryl methyl sites for hydroxylation is 3. The van der Waals surface area contributed by atoms with Crippen LogP contribution in [-0.2, 0) is 11.8 Å². The zero-order valence-electron chi connectivity index (χ0n) is 17.7. The van der Waals surface area contributed by atoms with E-state index in [1.54, 1.807) is 4.68 Å². The first kappa shape index (κ1) is 20.6. The van der Waals surface area contributed by atoms with Gasteiger partial charge in [-0.3, -0.25) is 4.79 Å². The fourth-order valence-corrected chi connectivity index (χ4v) is 3.26. The zero-order valence-corrected chi connectivity index (χ0v) is 17.7. The van der Waals surface area contributed by atoms with Crippen molar-refractivity contribution >= 4 is 22.6 Å².